The SMILES string of the molecule is CN=C(NCCc1ncc(C)s1)NCC1(S(C)(=O)=O)CCOCC1. The van der Waals surface area contributed by atoms with E-state index in [0.29, 0.717) is 45.1 Å². The van der Waals surface area contributed by atoms with E-state index < -0.39 is 14.6 Å². The molecule has 7 nitrogen and oxygen atoms in total. The Kier molecular flexibility index (Phi) is 6.59. The maximum absolute atomic E-state index is 12.2. The summed E-state index contributed by atoms with van der Waals surface area (Å²) in [4.78, 5) is 9.70. The van der Waals surface area contributed by atoms with Gasteiger partial charge in [0.1, 0.15) is 0 Å². The molecule has 136 valence electrons. The van der Waals surface area contributed by atoms with E-state index in [0.717, 1.165) is 11.4 Å². The van der Waals surface area contributed by atoms with E-state index >= 15 is 0 Å². The average Bonchev–Trinajstić information content (AvgIpc) is 2.96. The highest BCUT2D eigenvalue weighted by atomic mass is 32.2. The zero-order chi connectivity index (χ0) is 17.6. The number of sulfone groups is 1. The summed E-state index contributed by atoms with van der Waals surface area (Å²) in [6, 6.07) is 0. The van der Waals surface area contributed by atoms with Crippen molar-refractivity contribution in [1.29, 1.82) is 0 Å². The number of hydrogen-bond donors (Lipinski definition) is 2. The number of aryl methyl sites for hydroxylation is 1. The molecule has 0 radical (unpaired) electrons. The molecular formula is C15H26N4O3S2. The number of rotatable bonds is 6. The lowest BCUT2D eigenvalue weighted by Crippen LogP contribution is -2.53. The summed E-state index contributed by atoms with van der Waals surface area (Å²) in [5, 5.41) is 7.46. The molecule has 1 aromatic rings. The van der Waals surface area contributed by atoms with Crippen LogP contribution in [-0.4, -0.2) is 63.7 Å². The van der Waals surface area contributed by atoms with Gasteiger partial charge in [-0.25, -0.2) is 13.4 Å². The zero-order valence-corrected chi connectivity index (χ0v) is 16.1. The molecule has 2 rings (SSSR count). The molecule has 1 aliphatic heterocycles. The fourth-order valence-corrected chi connectivity index (χ4v) is 4.72. The lowest BCUT2D eigenvalue weighted by Gasteiger charge is -2.35. The first-order valence-electron chi connectivity index (χ1n) is 7.99. The third-order valence-corrected chi connectivity index (χ3v) is 7.39. The van der Waals surface area contributed by atoms with Crippen LogP contribution in [0.15, 0.2) is 11.2 Å². The van der Waals surface area contributed by atoms with Crippen LogP contribution in [0.3, 0.4) is 0 Å². The Morgan fingerprint density at radius 1 is 1.42 bits per heavy atom. The summed E-state index contributed by atoms with van der Waals surface area (Å²) in [7, 11) is -1.51. The molecule has 0 aliphatic carbocycles. The van der Waals surface area contributed by atoms with Crippen LogP contribution in [0.1, 0.15) is 22.7 Å². The second kappa shape index (κ2) is 8.26. The third kappa shape index (κ3) is 4.90. The molecule has 2 heterocycles. The summed E-state index contributed by atoms with van der Waals surface area (Å²) in [6.45, 7) is 4.02. The lowest BCUT2D eigenvalue weighted by atomic mass is 9.99. The minimum Gasteiger partial charge on any atom is -0.381 e. The van der Waals surface area contributed by atoms with Gasteiger partial charge in [-0.15, -0.1) is 11.3 Å². The van der Waals surface area contributed by atoms with Crippen molar-refractivity contribution < 1.29 is 13.2 Å². The molecule has 0 amide bonds. The van der Waals surface area contributed by atoms with Crippen molar-refractivity contribution >= 4 is 27.1 Å². The Balaban J connectivity index is 1.87. The third-order valence-electron chi connectivity index (χ3n) is 4.29. The van der Waals surface area contributed by atoms with Gasteiger partial charge in [0.15, 0.2) is 15.8 Å². The van der Waals surface area contributed by atoms with Gasteiger partial charge in [-0.1, -0.05) is 0 Å². The first-order chi connectivity index (χ1) is 11.4. The Labute approximate surface area is 147 Å². The molecule has 24 heavy (non-hydrogen) atoms. The van der Waals surface area contributed by atoms with Gasteiger partial charge in [0.25, 0.3) is 0 Å². The molecule has 0 aromatic carbocycles. The lowest BCUT2D eigenvalue weighted by molar-refractivity contribution is 0.0756. The number of thiazole rings is 1. The van der Waals surface area contributed by atoms with Crippen molar-refractivity contribution in [2.24, 2.45) is 4.99 Å². The van der Waals surface area contributed by atoms with Gasteiger partial charge >= 0.3 is 0 Å². The molecule has 0 atom stereocenters. The van der Waals surface area contributed by atoms with Gasteiger partial charge in [-0.05, 0) is 19.8 Å². The first kappa shape index (κ1) is 19.1. The number of nitrogens with one attached hydrogen (secondary N) is 2. The predicted octanol–water partition coefficient (Wildman–Crippen LogP) is 0.753. The van der Waals surface area contributed by atoms with Crippen LogP contribution in [-0.2, 0) is 21.0 Å². The second-order valence-corrected chi connectivity index (χ2v) is 9.76. The van der Waals surface area contributed by atoms with Gasteiger partial charge < -0.3 is 15.4 Å². The van der Waals surface area contributed by atoms with Gasteiger partial charge in [0.05, 0.1) is 9.75 Å². The van der Waals surface area contributed by atoms with Crippen molar-refractivity contribution in [3.63, 3.8) is 0 Å². The Morgan fingerprint density at radius 2 is 2.12 bits per heavy atom. The molecular weight excluding hydrogens is 348 g/mol. The van der Waals surface area contributed by atoms with Crippen LogP contribution < -0.4 is 10.6 Å². The van der Waals surface area contributed by atoms with Crippen molar-refractivity contribution in [1.82, 2.24) is 15.6 Å². The van der Waals surface area contributed by atoms with Crippen molar-refractivity contribution in [3.05, 3.63) is 16.1 Å². The highest BCUT2D eigenvalue weighted by Crippen LogP contribution is 2.28. The minimum atomic E-state index is -3.19. The molecule has 1 aromatic heterocycles. The van der Waals surface area contributed by atoms with Gasteiger partial charge in [-0.3, -0.25) is 4.99 Å². The van der Waals surface area contributed by atoms with Crippen molar-refractivity contribution in [2.75, 3.05) is 39.6 Å². The van der Waals surface area contributed by atoms with E-state index in [2.05, 4.69) is 20.6 Å². The summed E-state index contributed by atoms with van der Waals surface area (Å²) < 4.78 is 29.0. The summed E-state index contributed by atoms with van der Waals surface area (Å²) >= 11 is 1.68. The fourth-order valence-electron chi connectivity index (χ4n) is 2.69. The van der Waals surface area contributed by atoms with Crippen LogP contribution >= 0.6 is 11.3 Å². The highest BCUT2D eigenvalue weighted by molar-refractivity contribution is 7.92. The summed E-state index contributed by atoms with van der Waals surface area (Å²) in [5.41, 5.74) is 0. The van der Waals surface area contributed by atoms with Gasteiger partial charge in [0.2, 0.25) is 0 Å². The smallest absolute Gasteiger partial charge is 0.191 e. The molecule has 0 spiro atoms. The fraction of sp³-hybridized carbons (Fsp3) is 0.733. The van der Waals surface area contributed by atoms with E-state index in [1.54, 1.807) is 18.4 Å². The Hall–Kier alpha value is -1.19. The monoisotopic (exact) mass is 374 g/mol. The van der Waals surface area contributed by atoms with E-state index in [1.165, 1.54) is 11.1 Å². The normalized spacial score (nSPS) is 18.4. The number of nitrogens with zero attached hydrogens (tertiary/aromatic N) is 2. The topological polar surface area (TPSA) is 92.7 Å². The van der Waals surface area contributed by atoms with Gasteiger partial charge in [0, 0.05) is 57.1 Å². The number of aliphatic imine (C=N–C) groups is 1. The van der Waals surface area contributed by atoms with E-state index in [-0.39, 0.29) is 0 Å². The van der Waals surface area contributed by atoms with Crippen LogP contribution in [0.25, 0.3) is 0 Å². The number of ether oxygens (including phenoxy) is 1. The quantitative estimate of drug-likeness (QED) is 0.564. The molecule has 2 N–H and O–H groups in total. The molecule has 0 unspecified atom stereocenters. The Morgan fingerprint density at radius 3 is 2.67 bits per heavy atom. The van der Waals surface area contributed by atoms with E-state index in [9.17, 15) is 8.42 Å². The molecule has 1 aliphatic rings. The molecule has 9 heteroatoms. The van der Waals surface area contributed by atoms with Crippen molar-refractivity contribution in [3.8, 4) is 0 Å². The maximum Gasteiger partial charge on any atom is 0.191 e. The molecule has 0 saturated carbocycles. The van der Waals surface area contributed by atoms with E-state index in [4.69, 9.17) is 4.74 Å². The standard InChI is InChI=1S/C15H26N4O3S2/c1-12-10-18-13(23-12)4-7-17-14(16-2)19-11-15(24(3,20)21)5-8-22-9-6-15/h10H,4-9,11H2,1-3H3,(H2,16,17,19). The second-order valence-electron chi connectivity index (χ2n) is 6.03. The zero-order valence-electron chi connectivity index (χ0n) is 14.5. The number of guanidine groups is 1. The Bertz CT molecular complexity index is 664. The molecule has 0 bridgehead atoms. The van der Waals surface area contributed by atoms with Crippen LogP contribution in [0.5, 0.6) is 0 Å². The number of hydrogen-bond acceptors (Lipinski definition) is 6. The van der Waals surface area contributed by atoms with Crippen LogP contribution in [0, 0.1) is 6.92 Å². The largest absolute Gasteiger partial charge is 0.381 e. The molecule has 1 saturated heterocycles. The first-order valence-corrected chi connectivity index (χ1v) is 10.7. The summed E-state index contributed by atoms with van der Waals surface area (Å²) in [5.74, 6) is 0.609. The average molecular weight is 375 g/mol. The van der Waals surface area contributed by atoms with Crippen LogP contribution in [0.4, 0.5) is 0 Å². The van der Waals surface area contributed by atoms with Gasteiger partial charge in [-0.2, -0.15) is 0 Å². The maximum atomic E-state index is 12.2. The minimum absolute atomic E-state index is 0.339. The predicted molar refractivity (Wildman–Crippen MR) is 97.5 cm³/mol. The summed E-state index contributed by atoms with van der Waals surface area (Å²) in [6.07, 6.45) is 5.00. The number of aromatic nitrogens is 1. The van der Waals surface area contributed by atoms with E-state index in [1.807, 2.05) is 13.1 Å². The highest BCUT2D eigenvalue weighted by Gasteiger charge is 2.42. The molecule has 1 fully saturated rings. The van der Waals surface area contributed by atoms with Crippen molar-refractivity contribution in [2.45, 2.75) is 30.9 Å². The van der Waals surface area contributed by atoms with Crippen LogP contribution in [0.2, 0.25) is 0 Å².